The van der Waals surface area contributed by atoms with Crippen molar-refractivity contribution in [3.05, 3.63) is 0 Å². The van der Waals surface area contributed by atoms with E-state index in [9.17, 15) is 9.90 Å². The normalized spacial score (nSPS) is 36.2. The minimum absolute atomic E-state index is 0.0782. The molecule has 2 heteroatoms. The van der Waals surface area contributed by atoms with Gasteiger partial charge in [0.05, 0.1) is 5.92 Å². The molecule has 150 valence electrons. The smallest absolute Gasteiger partial charge is 0.306 e. The van der Waals surface area contributed by atoms with Gasteiger partial charge in [-0.2, -0.15) is 0 Å². The summed E-state index contributed by atoms with van der Waals surface area (Å²) in [5.74, 6) is 2.85. The van der Waals surface area contributed by atoms with Crippen molar-refractivity contribution in [2.24, 2.45) is 40.4 Å². The molecule has 0 aromatic rings. The fourth-order valence-corrected chi connectivity index (χ4v) is 6.89. The maximum Gasteiger partial charge on any atom is 0.306 e. The molecule has 0 amide bonds. The van der Waals surface area contributed by atoms with Gasteiger partial charge in [0.2, 0.25) is 0 Å². The van der Waals surface area contributed by atoms with Crippen LogP contribution in [0.15, 0.2) is 0 Å². The molecule has 0 saturated heterocycles. The molecule has 0 heterocycles. The van der Waals surface area contributed by atoms with Gasteiger partial charge in [-0.15, -0.1) is 0 Å². The number of aliphatic carboxylic acids is 1. The summed E-state index contributed by atoms with van der Waals surface area (Å²) >= 11 is 0. The van der Waals surface area contributed by atoms with E-state index in [1.165, 1.54) is 51.4 Å². The molecule has 0 spiro atoms. The van der Waals surface area contributed by atoms with Crippen LogP contribution in [0.2, 0.25) is 0 Å². The van der Waals surface area contributed by atoms with Crippen LogP contribution in [0.1, 0.15) is 105 Å². The number of hydrogen-bond donors (Lipinski definition) is 1. The van der Waals surface area contributed by atoms with Crippen molar-refractivity contribution in [1.29, 1.82) is 0 Å². The summed E-state index contributed by atoms with van der Waals surface area (Å²) in [5, 5.41) is 9.27. The fraction of sp³-hybridized carbons (Fsp3) is 0.958. The van der Waals surface area contributed by atoms with Crippen LogP contribution in [0.4, 0.5) is 0 Å². The molecule has 0 bridgehead atoms. The van der Waals surface area contributed by atoms with Crippen molar-refractivity contribution < 1.29 is 9.90 Å². The Bertz CT molecular complexity index is 476. The number of carbonyl (C=O) groups is 1. The average Bonchev–Trinajstić information content (AvgIpc) is 2.60. The first-order chi connectivity index (χ1) is 12.3. The Balaban J connectivity index is 1.56. The zero-order valence-corrected chi connectivity index (χ0v) is 17.7. The highest BCUT2D eigenvalue weighted by molar-refractivity contribution is 5.70. The van der Waals surface area contributed by atoms with Crippen LogP contribution in [0.5, 0.6) is 0 Å². The SMILES string of the molecule is CCC(C)(C1CCC1)C1CCC(C(C)(C)C2CCC(C(=O)O)CC2)CC1. The third-order valence-corrected chi connectivity index (χ3v) is 9.64. The van der Waals surface area contributed by atoms with Crippen LogP contribution < -0.4 is 0 Å². The average molecular weight is 363 g/mol. The number of rotatable bonds is 6. The number of carboxylic acids is 1. The second-order valence-electron chi connectivity index (χ2n) is 10.7. The van der Waals surface area contributed by atoms with E-state index in [-0.39, 0.29) is 5.92 Å². The standard InChI is InChI=1S/C24H42O2/c1-5-24(4,20-7-6-8-20)21-15-13-19(14-16-21)23(2,3)18-11-9-17(10-12-18)22(25)26/h17-21H,5-16H2,1-4H3,(H,25,26). The lowest BCUT2D eigenvalue weighted by Crippen LogP contribution is -2.43. The molecule has 1 N–H and O–H groups in total. The van der Waals surface area contributed by atoms with Crippen molar-refractivity contribution in [3.63, 3.8) is 0 Å². The molecule has 1 atom stereocenters. The first-order valence-corrected chi connectivity index (χ1v) is 11.5. The topological polar surface area (TPSA) is 37.3 Å². The summed E-state index contributed by atoms with van der Waals surface area (Å²) in [5.41, 5.74) is 0.973. The second kappa shape index (κ2) is 7.84. The van der Waals surface area contributed by atoms with Crippen LogP contribution in [-0.4, -0.2) is 11.1 Å². The molecule has 2 nitrogen and oxygen atoms in total. The molecule has 3 saturated carbocycles. The predicted octanol–water partition coefficient (Wildman–Crippen LogP) is 6.93. The maximum atomic E-state index is 11.3. The lowest BCUT2D eigenvalue weighted by Gasteiger charge is -2.52. The fourth-order valence-electron chi connectivity index (χ4n) is 6.89. The largest absolute Gasteiger partial charge is 0.481 e. The van der Waals surface area contributed by atoms with Gasteiger partial charge in [0.15, 0.2) is 0 Å². The Morgan fingerprint density at radius 3 is 1.58 bits per heavy atom. The van der Waals surface area contributed by atoms with E-state index in [1.807, 2.05) is 0 Å². The summed E-state index contributed by atoms with van der Waals surface area (Å²) < 4.78 is 0. The molecule has 0 aromatic heterocycles. The van der Waals surface area contributed by atoms with Gasteiger partial charge in [-0.25, -0.2) is 0 Å². The molecule has 0 aromatic carbocycles. The Labute approximate surface area is 161 Å². The second-order valence-corrected chi connectivity index (χ2v) is 10.7. The molecule has 3 aliphatic rings. The molecule has 3 fully saturated rings. The zero-order valence-electron chi connectivity index (χ0n) is 17.7. The van der Waals surface area contributed by atoms with Crippen molar-refractivity contribution >= 4 is 5.97 Å². The molecule has 3 rings (SSSR count). The minimum atomic E-state index is -0.573. The highest BCUT2D eigenvalue weighted by Crippen LogP contribution is 2.56. The van der Waals surface area contributed by atoms with Gasteiger partial charge in [-0.3, -0.25) is 4.79 Å². The van der Waals surface area contributed by atoms with E-state index < -0.39 is 5.97 Å². The van der Waals surface area contributed by atoms with Gasteiger partial charge < -0.3 is 5.11 Å². The van der Waals surface area contributed by atoms with Gasteiger partial charge in [0.25, 0.3) is 0 Å². The summed E-state index contributed by atoms with van der Waals surface area (Å²) in [4.78, 5) is 11.3. The first kappa shape index (κ1) is 20.2. The summed E-state index contributed by atoms with van der Waals surface area (Å²) in [7, 11) is 0. The van der Waals surface area contributed by atoms with E-state index in [4.69, 9.17) is 0 Å². The third-order valence-electron chi connectivity index (χ3n) is 9.64. The molecule has 1 unspecified atom stereocenters. The predicted molar refractivity (Wildman–Crippen MR) is 108 cm³/mol. The number of hydrogen-bond acceptors (Lipinski definition) is 1. The molecular weight excluding hydrogens is 320 g/mol. The summed E-state index contributed by atoms with van der Waals surface area (Å²) in [6.45, 7) is 10.0. The number of carboxylic acid groups (broad SMARTS) is 1. The van der Waals surface area contributed by atoms with Gasteiger partial charge in [-0.05, 0) is 98.7 Å². The maximum absolute atomic E-state index is 11.3. The van der Waals surface area contributed by atoms with E-state index in [2.05, 4.69) is 27.7 Å². The summed E-state index contributed by atoms with van der Waals surface area (Å²) in [6, 6.07) is 0. The van der Waals surface area contributed by atoms with E-state index >= 15 is 0 Å². The summed E-state index contributed by atoms with van der Waals surface area (Å²) in [6.07, 6.45) is 15.5. The first-order valence-electron chi connectivity index (χ1n) is 11.5. The highest BCUT2D eigenvalue weighted by atomic mass is 16.4. The Morgan fingerprint density at radius 2 is 1.19 bits per heavy atom. The Hall–Kier alpha value is -0.530. The van der Waals surface area contributed by atoms with E-state index in [0.29, 0.717) is 10.8 Å². The van der Waals surface area contributed by atoms with Crippen LogP contribution in [0, 0.1) is 40.4 Å². The molecule has 0 aliphatic heterocycles. The molecule has 26 heavy (non-hydrogen) atoms. The van der Waals surface area contributed by atoms with Crippen molar-refractivity contribution in [1.82, 2.24) is 0 Å². The molecule has 3 aliphatic carbocycles. The lowest BCUT2D eigenvalue weighted by atomic mass is 9.53. The Morgan fingerprint density at radius 1 is 0.769 bits per heavy atom. The van der Waals surface area contributed by atoms with E-state index in [0.717, 1.165) is 49.4 Å². The van der Waals surface area contributed by atoms with Crippen molar-refractivity contribution in [2.75, 3.05) is 0 Å². The van der Waals surface area contributed by atoms with Crippen LogP contribution in [-0.2, 0) is 4.79 Å². The zero-order chi connectivity index (χ0) is 18.9. The highest BCUT2D eigenvalue weighted by Gasteiger charge is 2.46. The van der Waals surface area contributed by atoms with Crippen molar-refractivity contribution in [2.45, 2.75) is 105 Å². The van der Waals surface area contributed by atoms with Gasteiger partial charge in [-0.1, -0.05) is 40.5 Å². The molecular formula is C24H42O2. The monoisotopic (exact) mass is 362 g/mol. The Kier molecular flexibility index (Phi) is 6.09. The third kappa shape index (κ3) is 3.72. The molecule has 0 radical (unpaired) electrons. The van der Waals surface area contributed by atoms with Crippen LogP contribution >= 0.6 is 0 Å². The van der Waals surface area contributed by atoms with Gasteiger partial charge in [0, 0.05) is 0 Å². The van der Waals surface area contributed by atoms with E-state index in [1.54, 1.807) is 0 Å². The van der Waals surface area contributed by atoms with Gasteiger partial charge >= 0.3 is 5.97 Å². The van der Waals surface area contributed by atoms with Crippen LogP contribution in [0.3, 0.4) is 0 Å². The lowest BCUT2D eigenvalue weighted by molar-refractivity contribution is -0.143. The van der Waals surface area contributed by atoms with Gasteiger partial charge in [0.1, 0.15) is 0 Å². The quantitative estimate of drug-likeness (QED) is 0.556. The van der Waals surface area contributed by atoms with Crippen molar-refractivity contribution in [3.8, 4) is 0 Å². The minimum Gasteiger partial charge on any atom is -0.481 e. The van der Waals surface area contributed by atoms with Crippen LogP contribution in [0.25, 0.3) is 0 Å².